The molecule has 43 heavy (non-hydrogen) atoms. The average molecular weight is 599 g/mol. The van der Waals surface area contributed by atoms with Gasteiger partial charge in [0.1, 0.15) is 24.0 Å². The largest absolute Gasteiger partial charge is 0.435 e. The molecule has 0 aliphatic heterocycles. The summed E-state index contributed by atoms with van der Waals surface area (Å²) in [6.45, 7) is -0.585. The summed E-state index contributed by atoms with van der Waals surface area (Å²) in [5.41, 5.74) is 0.283. The molecule has 2 heterocycles. The molecule has 1 amide bonds. The molecule has 0 bridgehead atoms. The number of hydrogen-bond donors (Lipinski definition) is 1. The van der Waals surface area contributed by atoms with Gasteiger partial charge < -0.3 is 5.32 Å². The summed E-state index contributed by atoms with van der Waals surface area (Å²) in [4.78, 5) is 29.0. The van der Waals surface area contributed by atoms with Gasteiger partial charge in [0.25, 0.3) is 0 Å². The molecule has 0 saturated heterocycles. The molecule has 0 radical (unpaired) electrons. The van der Waals surface area contributed by atoms with Gasteiger partial charge >= 0.3 is 6.18 Å². The summed E-state index contributed by atoms with van der Waals surface area (Å²) >= 11 is 0. The van der Waals surface area contributed by atoms with E-state index in [9.17, 15) is 35.9 Å². The molecule has 1 atom stereocenters. The third-order valence-corrected chi connectivity index (χ3v) is 7.02. The lowest BCUT2D eigenvalue weighted by molar-refractivity contribution is -0.142. The molecular formula is C31H24F6N4O2. The number of rotatable bonds is 9. The van der Waals surface area contributed by atoms with Gasteiger partial charge in [0.2, 0.25) is 5.91 Å². The van der Waals surface area contributed by atoms with Gasteiger partial charge in [-0.1, -0.05) is 18.2 Å². The van der Waals surface area contributed by atoms with E-state index in [0.29, 0.717) is 41.9 Å². The second kappa shape index (κ2) is 12.2. The number of nitrogens with zero attached hydrogens (tertiary/aromatic N) is 3. The van der Waals surface area contributed by atoms with Crippen LogP contribution < -0.4 is 5.32 Å². The van der Waals surface area contributed by atoms with Crippen molar-refractivity contribution in [3.8, 4) is 11.1 Å². The molecule has 0 fully saturated rings. The van der Waals surface area contributed by atoms with Crippen LogP contribution in [0.3, 0.4) is 0 Å². The normalized spacial score (nSPS) is 14.0. The van der Waals surface area contributed by atoms with Crippen molar-refractivity contribution in [2.75, 3.05) is 0 Å². The Kier molecular flexibility index (Phi) is 8.47. The zero-order chi connectivity index (χ0) is 30.7. The molecule has 0 saturated carbocycles. The van der Waals surface area contributed by atoms with Gasteiger partial charge in [0.05, 0.1) is 17.3 Å². The van der Waals surface area contributed by atoms with Crippen molar-refractivity contribution in [2.24, 2.45) is 0 Å². The number of amides is 1. The van der Waals surface area contributed by atoms with Crippen molar-refractivity contribution in [3.63, 3.8) is 0 Å². The van der Waals surface area contributed by atoms with Crippen molar-refractivity contribution < 1.29 is 35.9 Å². The number of benzene rings is 2. The highest BCUT2D eigenvalue weighted by Crippen LogP contribution is 2.37. The quantitative estimate of drug-likeness (QED) is 0.169. The lowest BCUT2D eigenvalue weighted by Gasteiger charge is -2.22. The van der Waals surface area contributed by atoms with Gasteiger partial charge in [0.15, 0.2) is 12.0 Å². The number of nitrogens with one attached hydrogen (secondary N) is 1. The minimum atomic E-state index is -4.73. The Morgan fingerprint density at radius 1 is 1.05 bits per heavy atom. The van der Waals surface area contributed by atoms with Crippen molar-refractivity contribution in [2.45, 2.75) is 44.4 Å². The summed E-state index contributed by atoms with van der Waals surface area (Å²) in [6.07, 6.45) is 1.61. The van der Waals surface area contributed by atoms with E-state index in [1.807, 2.05) is 0 Å². The molecule has 4 aromatic rings. The van der Waals surface area contributed by atoms with E-state index in [0.717, 1.165) is 29.3 Å². The highest BCUT2D eigenvalue weighted by molar-refractivity contribution is 5.81. The van der Waals surface area contributed by atoms with Crippen LogP contribution in [-0.2, 0) is 23.9 Å². The van der Waals surface area contributed by atoms with Crippen molar-refractivity contribution >= 4 is 17.8 Å². The lowest BCUT2D eigenvalue weighted by atomic mass is 9.94. The topological polar surface area (TPSA) is 76.9 Å². The number of pyridine rings is 1. The minimum absolute atomic E-state index is 0.0844. The SMILES string of the molecule is O=Cc1cc(-c2cccnc2[C@H](Cc2cc(F)cc(F)c2)NC(=O)Cn2cc(C3=CCCC3)c(C(F)(F)F)n2)ccc1F. The van der Waals surface area contributed by atoms with Crippen molar-refractivity contribution in [1.82, 2.24) is 20.1 Å². The van der Waals surface area contributed by atoms with Gasteiger partial charge in [-0.3, -0.25) is 19.3 Å². The Bertz CT molecular complexity index is 1690. The molecule has 0 spiro atoms. The average Bonchev–Trinajstić information content (AvgIpc) is 3.63. The summed E-state index contributed by atoms with van der Waals surface area (Å²) in [5.74, 6) is -3.18. The molecule has 5 rings (SSSR count). The third-order valence-electron chi connectivity index (χ3n) is 7.02. The van der Waals surface area contributed by atoms with E-state index in [4.69, 9.17) is 0 Å². The Labute approximate surface area is 242 Å². The summed E-state index contributed by atoms with van der Waals surface area (Å²) in [6, 6.07) is 8.80. The minimum Gasteiger partial charge on any atom is -0.346 e. The number of carbonyl (C=O) groups excluding carboxylic acids is 2. The Morgan fingerprint density at radius 3 is 2.49 bits per heavy atom. The van der Waals surface area contributed by atoms with Crippen LogP contribution in [-0.4, -0.2) is 27.0 Å². The first-order valence-corrected chi connectivity index (χ1v) is 13.3. The molecular weight excluding hydrogens is 574 g/mol. The first-order chi connectivity index (χ1) is 20.5. The van der Waals surface area contributed by atoms with Crippen LogP contribution >= 0.6 is 0 Å². The maximum Gasteiger partial charge on any atom is 0.435 e. The molecule has 1 aliphatic rings. The first kappa shape index (κ1) is 29.7. The number of hydrogen-bond acceptors (Lipinski definition) is 4. The van der Waals surface area contributed by atoms with Crippen LogP contribution in [0.5, 0.6) is 0 Å². The van der Waals surface area contributed by atoms with Crippen LogP contribution in [0.4, 0.5) is 26.3 Å². The van der Waals surface area contributed by atoms with E-state index in [1.165, 1.54) is 24.5 Å². The fraction of sp³-hybridized carbons (Fsp3) is 0.226. The monoisotopic (exact) mass is 598 g/mol. The molecule has 222 valence electrons. The molecule has 2 aromatic heterocycles. The van der Waals surface area contributed by atoms with Crippen LogP contribution in [0.15, 0.2) is 67.0 Å². The van der Waals surface area contributed by atoms with Gasteiger partial charge in [-0.05, 0) is 72.7 Å². The summed E-state index contributed by atoms with van der Waals surface area (Å²) in [7, 11) is 0. The molecule has 2 aromatic carbocycles. The van der Waals surface area contributed by atoms with E-state index < -0.39 is 47.8 Å². The van der Waals surface area contributed by atoms with Gasteiger partial charge in [0, 0.05) is 29.6 Å². The fourth-order valence-electron chi connectivity index (χ4n) is 5.17. The number of alkyl halides is 3. The van der Waals surface area contributed by atoms with Crippen LogP contribution in [0.1, 0.15) is 58.2 Å². The second-order valence-electron chi connectivity index (χ2n) is 10.1. The zero-order valence-electron chi connectivity index (χ0n) is 22.5. The summed E-state index contributed by atoms with van der Waals surface area (Å²) < 4.78 is 84.3. The molecule has 0 unspecified atom stereocenters. The smallest absolute Gasteiger partial charge is 0.346 e. The maximum absolute atomic E-state index is 14.0. The van der Waals surface area contributed by atoms with Crippen molar-refractivity contribution in [1.29, 1.82) is 0 Å². The number of allylic oxidation sites excluding steroid dienone is 2. The predicted octanol–water partition coefficient (Wildman–Crippen LogP) is 6.86. The maximum atomic E-state index is 14.0. The highest BCUT2D eigenvalue weighted by atomic mass is 19.4. The van der Waals surface area contributed by atoms with E-state index in [1.54, 1.807) is 18.2 Å². The number of halogens is 6. The number of aldehydes is 1. The fourth-order valence-corrected chi connectivity index (χ4v) is 5.17. The lowest BCUT2D eigenvalue weighted by Crippen LogP contribution is -2.34. The van der Waals surface area contributed by atoms with Gasteiger partial charge in [-0.2, -0.15) is 18.3 Å². The van der Waals surface area contributed by atoms with E-state index in [2.05, 4.69) is 15.4 Å². The van der Waals surface area contributed by atoms with E-state index >= 15 is 0 Å². The van der Waals surface area contributed by atoms with Gasteiger partial charge in [-0.25, -0.2) is 13.2 Å². The van der Waals surface area contributed by atoms with E-state index in [-0.39, 0.29) is 28.8 Å². The standard InChI is InChI=1S/C31H24F6N4O2/c32-22-10-18(11-23(33)14-22)12-27(29-24(6-3-9-38-29)20-7-8-26(34)21(13-20)17-42)39-28(43)16-41-15-25(19-4-1-2-5-19)30(40-41)31(35,36)37/h3-4,6-11,13-15,17,27H,1-2,5,12,16H2,(H,39,43)/t27-/m0/s1. The predicted molar refractivity (Wildman–Crippen MR) is 145 cm³/mol. The van der Waals surface area contributed by atoms with Gasteiger partial charge in [-0.15, -0.1) is 0 Å². The van der Waals surface area contributed by atoms with Crippen molar-refractivity contribution in [3.05, 3.63) is 113 Å². The molecule has 1 aliphatic carbocycles. The Morgan fingerprint density at radius 2 is 1.81 bits per heavy atom. The summed E-state index contributed by atoms with van der Waals surface area (Å²) in [5, 5.41) is 6.36. The highest BCUT2D eigenvalue weighted by Gasteiger charge is 2.38. The molecule has 1 N–H and O–H groups in total. The van der Waals surface area contributed by atoms with Crippen LogP contribution in [0, 0.1) is 17.5 Å². The Balaban J connectivity index is 1.49. The molecule has 6 nitrogen and oxygen atoms in total. The van der Waals surface area contributed by atoms with Crippen LogP contribution in [0.25, 0.3) is 16.7 Å². The number of aromatic nitrogens is 3. The van der Waals surface area contributed by atoms with Crippen LogP contribution in [0.2, 0.25) is 0 Å². The molecule has 12 heteroatoms. The Hall–Kier alpha value is -4.74. The number of carbonyl (C=O) groups is 2. The second-order valence-corrected chi connectivity index (χ2v) is 10.1. The third kappa shape index (κ3) is 6.85. The zero-order valence-corrected chi connectivity index (χ0v) is 22.5. The first-order valence-electron chi connectivity index (χ1n) is 13.3.